The van der Waals surface area contributed by atoms with Gasteiger partial charge in [0.1, 0.15) is 15.4 Å². The van der Waals surface area contributed by atoms with Crippen LogP contribution in [0.25, 0.3) is 0 Å². The van der Waals surface area contributed by atoms with Gasteiger partial charge < -0.3 is 20.5 Å². The van der Waals surface area contributed by atoms with E-state index in [4.69, 9.17) is 15.2 Å². The van der Waals surface area contributed by atoms with E-state index in [0.717, 1.165) is 12.0 Å². The maximum atomic E-state index is 12.4. The lowest BCUT2D eigenvalue weighted by Crippen LogP contribution is -2.52. The number of hydrogen-bond acceptors (Lipinski definition) is 7. The molecule has 1 aliphatic carbocycles. The Hall–Kier alpha value is -1.87. The van der Waals surface area contributed by atoms with Gasteiger partial charge in [-0.05, 0) is 57.1 Å². The zero-order valence-electron chi connectivity index (χ0n) is 17.8. The number of nitrogens with one attached hydrogen (secondary N) is 1. The average Bonchev–Trinajstić information content (AvgIpc) is 2.54. The molecule has 1 aromatic rings. The standard InChI is InChI=1S/C20H33N3O5S/c1-13-10-14(15-6-7-22-12-16(15)21)11-17(23-19(24)28-20(2,3)4)18(13)27-8-9-29(5,25)26/h6-7,12-14,17-18H,8-11,21H2,1-5H3,(H,23,24). The summed E-state index contributed by atoms with van der Waals surface area (Å²) in [5, 5.41) is 2.93. The van der Waals surface area contributed by atoms with Crippen LogP contribution in [0.5, 0.6) is 0 Å². The molecule has 1 amide bonds. The Morgan fingerprint density at radius 2 is 2.03 bits per heavy atom. The van der Waals surface area contributed by atoms with Crippen LogP contribution in [0.3, 0.4) is 0 Å². The van der Waals surface area contributed by atoms with Crippen molar-refractivity contribution in [3.63, 3.8) is 0 Å². The summed E-state index contributed by atoms with van der Waals surface area (Å²) < 4.78 is 34.3. The molecule has 4 unspecified atom stereocenters. The van der Waals surface area contributed by atoms with Crippen molar-refractivity contribution >= 4 is 21.6 Å². The molecule has 1 heterocycles. The molecule has 1 aromatic heterocycles. The second kappa shape index (κ2) is 9.30. The van der Waals surface area contributed by atoms with Gasteiger partial charge >= 0.3 is 6.09 Å². The molecule has 0 spiro atoms. The average molecular weight is 428 g/mol. The fraction of sp³-hybridized carbons (Fsp3) is 0.700. The summed E-state index contributed by atoms with van der Waals surface area (Å²) in [4.78, 5) is 16.5. The molecule has 0 radical (unpaired) electrons. The van der Waals surface area contributed by atoms with Crippen molar-refractivity contribution in [2.24, 2.45) is 5.92 Å². The number of nitrogens with zero attached hydrogens (tertiary/aromatic N) is 1. The van der Waals surface area contributed by atoms with Gasteiger partial charge in [0.25, 0.3) is 0 Å². The van der Waals surface area contributed by atoms with Gasteiger partial charge in [-0.1, -0.05) is 6.92 Å². The van der Waals surface area contributed by atoms with Crippen molar-refractivity contribution in [3.8, 4) is 0 Å². The van der Waals surface area contributed by atoms with E-state index >= 15 is 0 Å². The van der Waals surface area contributed by atoms with Crippen LogP contribution in [0.2, 0.25) is 0 Å². The third kappa shape index (κ3) is 7.47. The van der Waals surface area contributed by atoms with E-state index < -0.39 is 21.5 Å². The van der Waals surface area contributed by atoms with E-state index in [9.17, 15) is 13.2 Å². The van der Waals surface area contributed by atoms with Crippen molar-refractivity contribution in [1.29, 1.82) is 0 Å². The summed E-state index contributed by atoms with van der Waals surface area (Å²) in [6.07, 6.45) is 5.11. The lowest BCUT2D eigenvalue weighted by molar-refractivity contribution is -0.0288. The van der Waals surface area contributed by atoms with E-state index in [1.165, 1.54) is 6.26 Å². The normalized spacial score (nSPS) is 25.4. The smallest absolute Gasteiger partial charge is 0.407 e. The van der Waals surface area contributed by atoms with E-state index in [1.807, 2.05) is 13.0 Å². The highest BCUT2D eigenvalue weighted by Gasteiger charge is 2.39. The molecule has 0 aliphatic heterocycles. The number of hydrogen-bond donors (Lipinski definition) is 2. The Morgan fingerprint density at radius 1 is 1.34 bits per heavy atom. The molecule has 1 aliphatic rings. The molecule has 4 atom stereocenters. The number of rotatable bonds is 6. The second-order valence-electron chi connectivity index (χ2n) is 8.87. The summed E-state index contributed by atoms with van der Waals surface area (Å²) >= 11 is 0. The van der Waals surface area contributed by atoms with Crippen molar-refractivity contribution in [3.05, 3.63) is 24.0 Å². The van der Waals surface area contributed by atoms with Crippen molar-refractivity contribution in [1.82, 2.24) is 10.3 Å². The van der Waals surface area contributed by atoms with Gasteiger partial charge in [0.05, 0.1) is 36.4 Å². The zero-order chi connectivity index (χ0) is 21.8. The fourth-order valence-electron chi connectivity index (χ4n) is 3.78. The largest absolute Gasteiger partial charge is 0.444 e. The van der Waals surface area contributed by atoms with Gasteiger partial charge in [0, 0.05) is 12.5 Å². The molecule has 0 bridgehead atoms. The van der Waals surface area contributed by atoms with Crippen LogP contribution >= 0.6 is 0 Å². The molecule has 0 aromatic carbocycles. The molecular weight excluding hydrogens is 394 g/mol. The van der Waals surface area contributed by atoms with Gasteiger partial charge in [0.15, 0.2) is 0 Å². The third-order valence-electron chi connectivity index (χ3n) is 4.95. The van der Waals surface area contributed by atoms with Crippen LogP contribution < -0.4 is 11.1 Å². The minimum absolute atomic E-state index is 0.0594. The van der Waals surface area contributed by atoms with Gasteiger partial charge in [0.2, 0.25) is 0 Å². The Kier molecular flexibility index (Phi) is 7.50. The Bertz CT molecular complexity index is 807. The minimum atomic E-state index is -3.13. The molecule has 2 rings (SSSR count). The number of aromatic nitrogens is 1. The van der Waals surface area contributed by atoms with Crippen LogP contribution in [-0.4, -0.2) is 55.9 Å². The molecule has 1 saturated carbocycles. The number of nitrogens with two attached hydrogens (primary N) is 1. The molecular formula is C20H33N3O5S. The van der Waals surface area contributed by atoms with E-state index in [2.05, 4.69) is 10.3 Å². The lowest BCUT2D eigenvalue weighted by atomic mass is 9.74. The van der Waals surface area contributed by atoms with Crippen LogP contribution in [0, 0.1) is 5.92 Å². The number of ether oxygens (including phenoxy) is 2. The van der Waals surface area contributed by atoms with Crippen LogP contribution in [0.4, 0.5) is 10.5 Å². The quantitative estimate of drug-likeness (QED) is 0.715. The number of alkyl carbamates (subject to hydrolysis) is 1. The number of carbonyl (C=O) groups excluding carboxylic acids is 1. The molecule has 1 fully saturated rings. The molecule has 0 saturated heterocycles. The zero-order valence-corrected chi connectivity index (χ0v) is 18.7. The van der Waals surface area contributed by atoms with Gasteiger partial charge in [-0.2, -0.15) is 0 Å². The number of pyridine rings is 1. The monoisotopic (exact) mass is 427 g/mol. The topological polar surface area (TPSA) is 121 Å². The van der Waals surface area contributed by atoms with Crippen molar-refractivity contribution in [2.45, 2.75) is 64.2 Å². The summed E-state index contributed by atoms with van der Waals surface area (Å²) in [5.41, 5.74) is 7.12. The maximum absolute atomic E-state index is 12.4. The summed E-state index contributed by atoms with van der Waals surface area (Å²) in [6.45, 7) is 7.53. The third-order valence-corrected chi connectivity index (χ3v) is 5.85. The van der Waals surface area contributed by atoms with Gasteiger partial charge in [-0.3, -0.25) is 4.98 Å². The number of amides is 1. The van der Waals surface area contributed by atoms with Crippen LogP contribution in [-0.2, 0) is 19.3 Å². The first kappa shape index (κ1) is 23.4. The molecule has 164 valence electrons. The molecule has 9 heteroatoms. The number of carbonyl (C=O) groups is 1. The first-order chi connectivity index (χ1) is 13.4. The highest BCUT2D eigenvalue weighted by Crippen LogP contribution is 2.39. The van der Waals surface area contributed by atoms with Crippen LogP contribution in [0.1, 0.15) is 52.0 Å². The van der Waals surface area contributed by atoms with E-state index in [0.29, 0.717) is 12.1 Å². The first-order valence-electron chi connectivity index (χ1n) is 9.84. The maximum Gasteiger partial charge on any atom is 0.407 e. The number of nitrogen functional groups attached to an aromatic ring is 1. The number of anilines is 1. The first-order valence-corrected chi connectivity index (χ1v) is 11.9. The van der Waals surface area contributed by atoms with Crippen molar-refractivity contribution < 1.29 is 22.7 Å². The second-order valence-corrected chi connectivity index (χ2v) is 11.1. The predicted octanol–water partition coefficient (Wildman–Crippen LogP) is 2.50. The lowest BCUT2D eigenvalue weighted by Gasteiger charge is -2.41. The molecule has 29 heavy (non-hydrogen) atoms. The van der Waals surface area contributed by atoms with Crippen molar-refractivity contribution in [2.75, 3.05) is 24.3 Å². The summed E-state index contributed by atoms with van der Waals surface area (Å²) in [5.74, 6) is 0.152. The Morgan fingerprint density at radius 3 is 2.62 bits per heavy atom. The highest BCUT2D eigenvalue weighted by atomic mass is 32.2. The fourth-order valence-corrected chi connectivity index (χ4v) is 4.17. The SMILES string of the molecule is CC1CC(c2ccncc2N)CC(NC(=O)OC(C)(C)C)C1OCCS(C)(=O)=O. The Balaban J connectivity index is 2.18. The molecule has 3 N–H and O–H groups in total. The van der Waals surface area contributed by atoms with Gasteiger partial charge in [-0.15, -0.1) is 0 Å². The highest BCUT2D eigenvalue weighted by molar-refractivity contribution is 7.90. The van der Waals surface area contributed by atoms with E-state index in [-0.39, 0.29) is 36.3 Å². The number of sulfone groups is 1. The summed E-state index contributed by atoms with van der Waals surface area (Å²) in [7, 11) is -3.13. The molecule has 8 nitrogen and oxygen atoms in total. The predicted molar refractivity (Wildman–Crippen MR) is 112 cm³/mol. The Labute approximate surface area is 173 Å². The summed E-state index contributed by atoms with van der Waals surface area (Å²) in [6, 6.07) is 1.58. The minimum Gasteiger partial charge on any atom is -0.444 e. The van der Waals surface area contributed by atoms with Gasteiger partial charge in [-0.25, -0.2) is 13.2 Å². The van der Waals surface area contributed by atoms with E-state index in [1.54, 1.807) is 33.2 Å². The van der Waals surface area contributed by atoms with Crippen LogP contribution in [0.15, 0.2) is 18.5 Å².